The molecule has 32 heavy (non-hydrogen) atoms. The number of aliphatic carboxylic acids is 1. The minimum atomic E-state index is -1.16. The van der Waals surface area contributed by atoms with Crippen molar-refractivity contribution in [1.82, 2.24) is 9.78 Å². The van der Waals surface area contributed by atoms with E-state index in [-0.39, 0.29) is 17.1 Å². The Kier molecular flexibility index (Phi) is 5.74. The molecule has 1 aromatic heterocycles. The summed E-state index contributed by atoms with van der Waals surface area (Å²) >= 11 is 6.12. The standard InChI is InChI=1S/C22H19ClN4O5/c1-31-18-7-6-14(9-19(18)32-2)25-21(28)15-11-24-27-17(12-4-3-5-13(23)8-12)10-16(22(29)30)26-20(15)27/h3-11,17,26H,1-2H3,(H,25,28)(H,29,30). The van der Waals surface area contributed by atoms with Gasteiger partial charge in [-0.2, -0.15) is 5.10 Å². The van der Waals surface area contributed by atoms with Gasteiger partial charge >= 0.3 is 5.97 Å². The van der Waals surface area contributed by atoms with Gasteiger partial charge in [0.1, 0.15) is 17.1 Å². The lowest BCUT2D eigenvalue weighted by molar-refractivity contribution is -0.132. The molecule has 0 saturated heterocycles. The third kappa shape index (κ3) is 3.97. The molecule has 0 spiro atoms. The number of methoxy groups -OCH3 is 2. The number of hydrogen-bond acceptors (Lipinski definition) is 6. The van der Waals surface area contributed by atoms with Gasteiger partial charge in [0, 0.05) is 16.8 Å². The number of carbonyl (C=O) groups excluding carboxylic acids is 1. The summed E-state index contributed by atoms with van der Waals surface area (Å²) in [6.45, 7) is 0. The SMILES string of the molecule is COc1ccc(NC(=O)c2cnn3c2NC(C(=O)O)=CC3c2cccc(Cl)c2)cc1OC. The Morgan fingerprint density at radius 3 is 2.62 bits per heavy atom. The second-order valence-corrected chi connectivity index (χ2v) is 7.32. The molecule has 3 aromatic rings. The fourth-order valence-corrected chi connectivity index (χ4v) is 3.63. The summed E-state index contributed by atoms with van der Waals surface area (Å²) in [6.07, 6.45) is 2.90. The van der Waals surface area contributed by atoms with E-state index in [4.69, 9.17) is 21.1 Å². The van der Waals surface area contributed by atoms with Gasteiger partial charge in [-0.3, -0.25) is 4.79 Å². The van der Waals surface area contributed by atoms with Crippen LogP contribution in [0, 0.1) is 0 Å². The molecule has 2 heterocycles. The first-order valence-electron chi connectivity index (χ1n) is 9.49. The van der Waals surface area contributed by atoms with Crippen molar-refractivity contribution in [2.24, 2.45) is 0 Å². The summed E-state index contributed by atoms with van der Waals surface area (Å²) in [5, 5.41) is 20.0. The minimum absolute atomic E-state index is 0.0665. The number of nitrogens with one attached hydrogen (secondary N) is 2. The van der Waals surface area contributed by atoms with E-state index in [2.05, 4.69) is 15.7 Å². The molecule has 1 aliphatic heterocycles. The van der Waals surface area contributed by atoms with Gasteiger partial charge in [0.25, 0.3) is 5.91 Å². The van der Waals surface area contributed by atoms with Crippen LogP contribution < -0.4 is 20.1 Å². The third-order valence-electron chi connectivity index (χ3n) is 4.94. The summed E-state index contributed by atoms with van der Waals surface area (Å²) in [5.74, 6) is -0.390. The van der Waals surface area contributed by atoms with Crippen LogP contribution in [0.15, 0.2) is 60.4 Å². The zero-order valence-corrected chi connectivity index (χ0v) is 17.9. The molecule has 2 aromatic carbocycles. The Morgan fingerprint density at radius 1 is 1.16 bits per heavy atom. The first-order chi connectivity index (χ1) is 15.4. The molecule has 0 fully saturated rings. The third-order valence-corrected chi connectivity index (χ3v) is 5.18. The molecule has 3 N–H and O–H groups in total. The van der Waals surface area contributed by atoms with Crippen LogP contribution in [0.2, 0.25) is 5.02 Å². The van der Waals surface area contributed by atoms with Gasteiger partial charge in [0.15, 0.2) is 11.5 Å². The number of carboxylic acid groups (broad SMARTS) is 1. The van der Waals surface area contributed by atoms with Gasteiger partial charge in [0.05, 0.1) is 26.5 Å². The van der Waals surface area contributed by atoms with Gasteiger partial charge in [-0.05, 0) is 35.9 Å². The Labute approximate surface area is 188 Å². The number of nitrogens with zero attached hydrogens (tertiary/aromatic N) is 2. The van der Waals surface area contributed by atoms with Crippen LogP contribution in [-0.2, 0) is 4.79 Å². The average Bonchev–Trinajstić information content (AvgIpc) is 3.22. The molecular formula is C22H19ClN4O5. The summed E-state index contributed by atoms with van der Waals surface area (Å²) in [6, 6.07) is 11.4. The molecule has 0 aliphatic carbocycles. The highest BCUT2D eigenvalue weighted by Gasteiger charge is 2.29. The van der Waals surface area contributed by atoms with Gasteiger partial charge in [-0.1, -0.05) is 23.7 Å². The monoisotopic (exact) mass is 454 g/mol. The van der Waals surface area contributed by atoms with Crippen molar-refractivity contribution in [3.63, 3.8) is 0 Å². The summed E-state index contributed by atoms with van der Waals surface area (Å²) in [4.78, 5) is 24.7. The molecule has 1 unspecified atom stereocenters. The van der Waals surface area contributed by atoms with Crippen LogP contribution in [0.25, 0.3) is 0 Å². The summed E-state index contributed by atoms with van der Waals surface area (Å²) in [7, 11) is 3.02. The normalized spacial score (nSPS) is 14.6. The van der Waals surface area contributed by atoms with E-state index >= 15 is 0 Å². The first kappa shape index (κ1) is 21.3. The molecule has 0 radical (unpaired) electrons. The number of anilines is 2. The van der Waals surface area contributed by atoms with Crippen molar-refractivity contribution in [3.05, 3.63) is 76.6 Å². The molecular weight excluding hydrogens is 436 g/mol. The maximum atomic E-state index is 13.0. The smallest absolute Gasteiger partial charge is 0.352 e. The van der Waals surface area contributed by atoms with Crippen molar-refractivity contribution in [2.75, 3.05) is 24.9 Å². The molecule has 1 atom stereocenters. The van der Waals surface area contributed by atoms with E-state index in [1.807, 2.05) is 6.07 Å². The second-order valence-electron chi connectivity index (χ2n) is 6.89. The number of hydrogen-bond donors (Lipinski definition) is 3. The first-order valence-corrected chi connectivity index (χ1v) is 9.87. The Balaban J connectivity index is 1.69. The number of benzene rings is 2. The van der Waals surface area contributed by atoms with Gasteiger partial charge in [-0.15, -0.1) is 0 Å². The number of aromatic nitrogens is 2. The quantitative estimate of drug-likeness (QED) is 0.519. The molecule has 10 heteroatoms. The van der Waals surface area contributed by atoms with E-state index in [1.54, 1.807) is 41.1 Å². The highest BCUT2D eigenvalue weighted by Crippen LogP contribution is 2.34. The second kappa shape index (κ2) is 8.64. The Bertz CT molecular complexity index is 1240. The number of carbonyl (C=O) groups is 2. The van der Waals surface area contributed by atoms with Crippen LogP contribution in [0.5, 0.6) is 11.5 Å². The van der Waals surface area contributed by atoms with Gasteiger partial charge < -0.3 is 25.2 Å². The van der Waals surface area contributed by atoms with Crippen molar-refractivity contribution in [1.29, 1.82) is 0 Å². The lowest BCUT2D eigenvalue weighted by atomic mass is 10.0. The average molecular weight is 455 g/mol. The van der Waals surface area contributed by atoms with E-state index in [0.717, 1.165) is 5.56 Å². The van der Waals surface area contributed by atoms with Crippen molar-refractivity contribution in [2.45, 2.75) is 6.04 Å². The summed E-state index contributed by atoms with van der Waals surface area (Å²) < 4.78 is 12.0. The number of carboxylic acids is 1. The van der Waals surface area contributed by atoms with Crippen LogP contribution >= 0.6 is 11.6 Å². The summed E-state index contributed by atoms with van der Waals surface area (Å²) in [5.41, 5.74) is 1.32. The Morgan fingerprint density at radius 2 is 1.94 bits per heavy atom. The van der Waals surface area contributed by atoms with Crippen LogP contribution in [0.3, 0.4) is 0 Å². The van der Waals surface area contributed by atoms with Crippen molar-refractivity contribution in [3.8, 4) is 11.5 Å². The van der Waals surface area contributed by atoms with Crippen molar-refractivity contribution >= 4 is 35.0 Å². The van der Waals surface area contributed by atoms with Crippen LogP contribution in [0.4, 0.5) is 11.5 Å². The zero-order valence-electron chi connectivity index (χ0n) is 17.1. The number of fused-ring (bicyclic) bond motifs is 1. The number of amides is 1. The minimum Gasteiger partial charge on any atom is -0.493 e. The maximum absolute atomic E-state index is 13.0. The van der Waals surface area contributed by atoms with Crippen LogP contribution in [-0.4, -0.2) is 41.0 Å². The van der Waals surface area contributed by atoms with E-state index in [0.29, 0.717) is 22.2 Å². The lowest BCUT2D eigenvalue weighted by Gasteiger charge is -2.24. The Hall–Kier alpha value is -3.98. The molecule has 9 nitrogen and oxygen atoms in total. The predicted molar refractivity (Wildman–Crippen MR) is 119 cm³/mol. The molecule has 1 amide bonds. The molecule has 0 saturated carbocycles. The lowest BCUT2D eigenvalue weighted by Crippen LogP contribution is -2.25. The number of rotatable bonds is 6. The fraction of sp³-hybridized carbons (Fsp3) is 0.136. The fourth-order valence-electron chi connectivity index (χ4n) is 3.43. The molecule has 0 bridgehead atoms. The zero-order chi connectivity index (χ0) is 22.8. The van der Waals surface area contributed by atoms with E-state index in [1.165, 1.54) is 26.5 Å². The largest absolute Gasteiger partial charge is 0.493 e. The topological polar surface area (TPSA) is 115 Å². The predicted octanol–water partition coefficient (Wildman–Crippen LogP) is 3.79. The number of ether oxygens (including phenoxy) is 2. The molecule has 164 valence electrons. The van der Waals surface area contributed by atoms with E-state index < -0.39 is 17.9 Å². The number of allylic oxidation sites excluding steroid dienone is 1. The van der Waals surface area contributed by atoms with Crippen molar-refractivity contribution < 1.29 is 24.2 Å². The number of halogens is 1. The van der Waals surface area contributed by atoms with Gasteiger partial charge in [0.2, 0.25) is 0 Å². The highest BCUT2D eigenvalue weighted by molar-refractivity contribution is 6.30. The highest BCUT2D eigenvalue weighted by atomic mass is 35.5. The van der Waals surface area contributed by atoms with Gasteiger partial charge in [-0.25, -0.2) is 9.48 Å². The molecule has 4 rings (SSSR count). The van der Waals surface area contributed by atoms with E-state index in [9.17, 15) is 14.7 Å². The molecule has 1 aliphatic rings. The maximum Gasteiger partial charge on any atom is 0.352 e. The van der Waals surface area contributed by atoms with Crippen LogP contribution in [0.1, 0.15) is 22.0 Å².